The topological polar surface area (TPSA) is 67.8 Å². The third kappa shape index (κ3) is 5.42. The van der Waals surface area contributed by atoms with Crippen molar-refractivity contribution in [3.63, 3.8) is 0 Å². The van der Waals surface area contributed by atoms with E-state index in [1.807, 2.05) is 84.9 Å². The Morgan fingerprint density at radius 2 is 1.54 bits per heavy atom. The van der Waals surface area contributed by atoms with E-state index in [1.54, 1.807) is 5.48 Å². The zero-order valence-corrected chi connectivity index (χ0v) is 15.5. The molecule has 0 saturated heterocycles. The quantitative estimate of drug-likeness (QED) is 0.337. The second kappa shape index (κ2) is 10.3. The Bertz CT molecular complexity index is 868. The molecule has 5 heteroatoms. The highest BCUT2D eigenvalue weighted by Gasteiger charge is 2.22. The second-order valence-corrected chi connectivity index (χ2v) is 6.28. The fourth-order valence-electron chi connectivity index (χ4n) is 2.97. The van der Waals surface area contributed by atoms with Crippen LogP contribution in [-0.4, -0.2) is 24.3 Å². The van der Waals surface area contributed by atoms with Gasteiger partial charge in [-0.1, -0.05) is 72.8 Å². The summed E-state index contributed by atoms with van der Waals surface area (Å²) < 4.78 is 11.4. The molecule has 28 heavy (non-hydrogen) atoms. The van der Waals surface area contributed by atoms with Gasteiger partial charge in [0.2, 0.25) is 0 Å². The number of rotatable bonds is 9. The molecule has 0 spiro atoms. The monoisotopic (exact) mass is 377 g/mol. The van der Waals surface area contributed by atoms with E-state index in [9.17, 15) is 4.79 Å². The van der Waals surface area contributed by atoms with Gasteiger partial charge in [0.15, 0.2) is 0 Å². The number of ether oxygens (including phenoxy) is 2. The van der Waals surface area contributed by atoms with Crippen molar-refractivity contribution in [2.24, 2.45) is 0 Å². The highest BCUT2D eigenvalue weighted by Crippen LogP contribution is 2.27. The lowest BCUT2D eigenvalue weighted by atomic mass is 9.90. The maximum atomic E-state index is 12.2. The predicted molar refractivity (Wildman–Crippen MR) is 106 cm³/mol. The largest absolute Gasteiger partial charge is 0.491 e. The summed E-state index contributed by atoms with van der Waals surface area (Å²) in [5.41, 5.74) is 4.40. The molecule has 3 aromatic rings. The molecule has 0 bridgehead atoms. The van der Waals surface area contributed by atoms with Gasteiger partial charge in [-0.15, -0.1) is 0 Å². The molecule has 0 fully saturated rings. The van der Waals surface area contributed by atoms with E-state index in [0.717, 1.165) is 16.7 Å². The fourth-order valence-corrected chi connectivity index (χ4v) is 2.97. The van der Waals surface area contributed by atoms with E-state index in [0.29, 0.717) is 25.6 Å². The number of hydrogen-bond donors (Lipinski definition) is 2. The van der Waals surface area contributed by atoms with Crippen LogP contribution < -0.4 is 10.2 Å². The Hall–Kier alpha value is -3.15. The first kappa shape index (κ1) is 19.6. The Morgan fingerprint density at radius 3 is 2.25 bits per heavy atom. The van der Waals surface area contributed by atoms with Crippen molar-refractivity contribution in [2.75, 3.05) is 13.2 Å². The van der Waals surface area contributed by atoms with Crippen LogP contribution in [0.3, 0.4) is 0 Å². The van der Waals surface area contributed by atoms with Crippen LogP contribution in [0.4, 0.5) is 0 Å². The minimum Gasteiger partial charge on any atom is -0.491 e. The van der Waals surface area contributed by atoms with Crippen molar-refractivity contribution < 1.29 is 19.5 Å². The average Bonchev–Trinajstić information content (AvgIpc) is 2.75. The molecule has 0 aliphatic carbocycles. The maximum Gasteiger partial charge on any atom is 0.255 e. The van der Waals surface area contributed by atoms with Crippen LogP contribution in [0.15, 0.2) is 84.9 Å². The molecule has 1 amide bonds. The van der Waals surface area contributed by atoms with Gasteiger partial charge in [0.25, 0.3) is 5.91 Å². The number of carbonyl (C=O) groups is 1. The van der Waals surface area contributed by atoms with Crippen molar-refractivity contribution in [1.82, 2.24) is 5.48 Å². The third-order valence-electron chi connectivity index (χ3n) is 4.30. The van der Waals surface area contributed by atoms with E-state index < -0.39 is 11.8 Å². The maximum absolute atomic E-state index is 12.2. The highest BCUT2D eigenvalue weighted by atomic mass is 16.5. The Morgan fingerprint density at radius 1 is 0.857 bits per heavy atom. The Kier molecular flexibility index (Phi) is 7.18. The van der Waals surface area contributed by atoms with Gasteiger partial charge in [0.1, 0.15) is 12.4 Å². The first-order chi connectivity index (χ1) is 13.8. The van der Waals surface area contributed by atoms with Gasteiger partial charge in [-0.2, -0.15) is 0 Å². The number of hydrogen-bond acceptors (Lipinski definition) is 4. The van der Waals surface area contributed by atoms with Gasteiger partial charge in [-0.25, -0.2) is 5.48 Å². The molecule has 0 saturated carbocycles. The first-order valence-corrected chi connectivity index (χ1v) is 9.11. The number of nitrogens with one attached hydrogen (secondary N) is 1. The summed E-state index contributed by atoms with van der Waals surface area (Å²) in [6, 6.07) is 26.6. The lowest BCUT2D eigenvalue weighted by molar-refractivity contribution is -0.129. The SMILES string of the molecule is O=C(NO)C(c1ccccc1)c1cccc(OCCOCc2ccccc2)c1. The number of hydroxylamine groups is 1. The van der Waals surface area contributed by atoms with Crippen molar-refractivity contribution in [3.05, 3.63) is 102 Å². The first-order valence-electron chi connectivity index (χ1n) is 9.11. The Labute approximate surface area is 164 Å². The van der Waals surface area contributed by atoms with Crippen LogP contribution in [0.1, 0.15) is 22.6 Å². The molecule has 3 rings (SSSR count). The molecule has 0 aliphatic rings. The lowest BCUT2D eigenvalue weighted by Gasteiger charge is -2.17. The molecular formula is C23H23NO4. The summed E-state index contributed by atoms with van der Waals surface area (Å²) in [4.78, 5) is 12.2. The highest BCUT2D eigenvalue weighted by molar-refractivity contribution is 5.86. The van der Waals surface area contributed by atoms with Gasteiger partial charge in [-0.05, 0) is 28.8 Å². The smallest absolute Gasteiger partial charge is 0.255 e. The zero-order valence-electron chi connectivity index (χ0n) is 15.5. The van der Waals surface area contributed by atoms with E-state index in [1.165, 1.54) is 0 Å². The van der Waals surface area contributed by atoms with Gasteiger partial charge < -0.3 is 9.47 Å². The molecule has 144 valence electrons. The molecule has 0 aliphatic heterocycles. The number of benzene rings is 3. The van der Waals surface area contributed by atoms with Gasteiger partial charge in [-0.3, -0.25) is 10.0 Å². The van der Waals surface area contributed by atoms with Crippen molar-refractivity contribution in [2.45, 2.75) is 12.5 Å². The predicted octanol–water partition coefficient (Wildman–Crippen LogP) is 3.92. The lowest BCUT2D eigenvalue weighted by Crippen LogP contribution is -2.27. The normalized spacial score (nSPS) is 11.6. The summed E-state index contributed by atoms with van der Waals surface area (Å²) in [5.74, 6) is -0.467. The summed E-state index contributed by atoms with van der Waals surface area (Å²) in [6.45, 7) is 1.40. The van der Waals surface area contributed by atoms with Crippen LogP contribution in [0.2, 0.25) is 0 Å². The molecule has 5 nitrogen and oxygen atoms in total. The third-order valence-corrected chi connectivity index (χ3v) is 4.30. The minimum atomic E-state index is -0.621. The average molecular weight is 377 g/mol. The van der Waals surface area contributed by atoms with Crippen LogP contribution in [0.5, 0.6) is 5.75 Å². The summed E-state index contributed by atoms with van der Waals surface area (Å²) in [5, 5.41) is 9.14. The Balaban J connectivity index is 1.60. The van der Waals surface area contributed by atoms with Crippen LogP contribution in [0, 0.1) is 0 Å². The molecule has 1 atom stereocenters. The van der Waals surface area contributed by atoms with E-state index in [-0.39, 0.29) is 0 Å². The number of carbonyl (C=O) groups excluding carboxylic acids is 1. The zero-order chi connectivity index (χ0) is 19.6. The fraction of sp³-hybridized carbons (Fsp3) is 0.174. The number of amides is 1. The molecule has 2 N–H and O–H groups in total. The standard InChI is InChI=1S/C23H23NO4/c25-23(24-26)22(19-10-5-2-6-11-19)20-12-7-13-21(16-20)28-15-14-27-17-18-8-3-1-4-9-18/h1-13,16,22,26H,14-15,17H2,(H,24,25). The van der Waals surface area contributed by atoms with Gasteiger partial charge in [0, 0.05) is 0 Å². The van der Waals surface area contributed by atoms with Crippen molar-refractivity contribution in [3.8, 4) is 5.75 Å². The summed E-state index contributed by atoms with van der Waals surface area (Å²) >= 11 is 0. The molecule has 1 unspecified atom stereocenters. The molecule has 0 aromatic heterocycles. The van der Waals surface area contributed by atoms with Crippen LogP contribution in [-0.2, 0) is 16.1 Å². The second-order valence-electron chi connectivity index (χ2n) is 6.28. The molecule has 0 heterocycles. The van der Waals surface area contributed by atoms with E-state index in [2.05, 4.69) is 0 Å². The van der Waals surface area contributed by atoms with E-state index >= 15 is 0 Å². The molecule has 0 radical (unpaired) electrons. The molecular weight excluding hydrogens is 354 g/mol. The van der Waals surface area contributed by atoms with Crippen molar-refractivity contribution >= 4 is 5.91 Å². The van der Waals surface area contributed by atoms with E-state index in [4.69, 9.17) is 14.7 Å². The minimum absolute atomic E-state index is 0.401. The van der Waals surface area contributed by atoms with Gasteiger partial charge in [0.05, 0.1) is 19.1 Å². The molecule has 3 aromatic carbocycles. The van der Waals surface area contributed by atoms with Gasteiger partial charge >= 0.3 is 0 Å². The summed E-state index contributed by atoms with van der Waals surface area (Å²) in [7, 11) is 0. The van der Waals surface area contributed by atoms with Crippen molar-refractivity contribution in [1.29, 1.82) is 0 Å². The summed E-state index contributed by atoms with van der Waals surface area (Å²) in [6.07, 6.45) is 0. The van der Waals surface area contributed by atoms with Crippen LogP contribution >= 0.6 is 0 Å². The van der Waals surface area contributed by atoms with Crippen LogP contribution in [0.25, 0.3) is 0 Å².